The van der Waals surface area contributed by atoms with Gasteiger partial charge in [-0.15, -0.1) is 11.3 Å². The van der Waals surface area contributed by atoms with E-state index in [1.807, 2.05) is 79.7 Å². The van der Waals surface area contributed by atoms with E-state index in [2.05, 4.69) is 26.3 Å². The number of nitrogens with zero attached hydrogens (tertiary/aromatic N) is 4. The van der Waals surface area contributed by atoms with Gasteiger partial charge in [0.1, 0.15) is 16.7 Å². The zero-order valence-corrected chi connectivity index (χ0v) is 20.9. The number of aromatic nitrogens is 4. The van der Waals surface area contributed by atoms with Crippen molar-refractivity contribution >= 4 is 38.3 Å². The van der Waals surface area contributed by atoms with Crippen LogP contribution < -0.4 is 16.6 Å². The van der Waals surface area contributed by atoms with Crippen LogP contribution in [0.3, 0.4) is 0 Å². The lowest BCUT2D eigenvalue weighted by Crippen LogP contribution is -2.26. The van der Waals surface area contributed by atoms with Gasteiger partial charge in [-0.2, -0.15) is 0 Å². The van der Waals surface area contributed by atoms with Gasteiger partial charge in [0.2, 0.25) is 0 Å². The summed E-state index contributed by atoms with van der Waals surface area (Å²) in [7, 11) is 0. The molecule has 3 heterocycles. The molecule has 0 radical (unpaired) electrons. The predicted molar refractivity (Wildman–Crippen MR) is 150 cm³/mol. The van der Waals surface area contributed by atoms with E-state index in [0.29, 0.717) is 17.7 Å². The van der Waals surface area contributed by atoms with E-state index < -0.39 is 0 Å². The normalized spacial score (nSPS) is 12.2. The summed E-state index contributed by atoms with van der Waals surface area (Å²) in [6.45, 7) is 2.50. The van der Waals surface area contributed by atoms with Gasteiger partial charge in [-0.05, 0) is 47.2 Å². The average molecular weight is 505 g/mol. The molecule has 0 amide bonds. The summed E-state index contributed by atoms with van der Waals surface area (Å²) in [6.07, 6.45) is 1.53. The van der Waals surface area contributed by atoms with Crippen molar-refractivity contribution in [3.05, 3.63) is 112 Å². The summed E-state index contributed by atoms with van der Waals surface area (Å²) >= 11 is 1.47. The molecule has 0 saturated carbocycles. The second-order valence-electron chi connectivity index (χ2n) is 8.81. The molecule has 0 aliphatic carbocycles. The number of pyridine rings is 1. The number of nitrogens with one attached hydrogen (secondary N) is 1. The molecule has 0 bridgehead atoms. The molecule has 37 heavy (non-hydrogen) atoms. The van der Waals surface area contributed by atoms with Crippen LogP contribution in [0.25, 0.3) is 37.9 Å². The van der Waals surface area contributed by atoms with E-state index in [0.717, 1.165) is 43.8 Å². The van der Waals surface area contributed by atoms with Gasteiger partial charge in [-0.25, -0.2) is 15.0 Å². The fourth-order valence-corrected chi connectivity index (χ4v) is 5.31. The van der Waals surface area contributed by atoms with Crippen LogP contribution >= 0.6 is 11.3 Å². The van der Waals surface area contributed by atoms with Crippen LogP contribution in [-0.2, 0) is 6.54 Å². The molecule has 3 N–H and O–H groups in total. The third kappa shape index (κ3) is 4.16. The first-order valence-corrected chi connectivity index (χ1v) is 12.9. The molecule has 6 aromatic rings. The number of thiazole rings is 1. The lowest BCUT2D eigenvalue weighted by atomic mass is 9.97. The number of fused-ring (bicyclic) bond motifs is 2. The van der Waals surface area contributed by atoms with Crippen molar-refractivity contribution < 1.29 is 0 Å². The average Bonchev–Trinajstić information content (AvgIpc) is 3.43. The van der Waals surface area contributed by atoms with E-state index in [1.54, 1.807) is 10.1 Å². The number of benzene rings is 3. The monoisotopic (exact) mass is 504 g/mol. The Balaban J connectivity index is 1.55. The number of hydrogen-bond donors (Lipinski definition) is 2. The van der Waals surface area contributed by atoms with Crippen molar-refractivity contribution in [1.29, 1.82) is 0 Å². The molecule has 0 saturated heterocycles. The molecule has 182 valence electrons. The number of anilines is 1. The lowest BCUT2D eigenvalue weighted by Gasteiger charge is -2.22. The standard InChI is InChI=1S/C29H24N6OS/c1-18(34-27-26-28(32-16-31-27)37-17-33-26)24-14-21-6-5-9-23(20-12-10-19(15-30)11-13-20)25(21)29(36)35(24)22-7-3-2-4-8-22/h2-14,16-18H,15,30H2,1H3,(H,31,32,34)/t18-/m0/s1. The maximum absolute atomic E-state index is 14.3. The molecule has 0 aliphatic heterocycles. The molecule has 1 atom stereocenters. The topological polar surface area (TPSA) is 98.7 Å². The lowest BCUT2D eigenvalue weighted by molar-refractivity contribution is 0.774. The van der Waals surface area contributed by atoms with Crippen LogP contribution in [0, 0.1) is 0 Å². The summed E-state index contributed by atoms with van der Waals surface area (Å²) in [4.78, 5) is 28.2. The maximum Gasteiger partial charge on any atom is 0.263 e. The minimum absolute atomic E-state index is 0.0765. The third-order valence-corrected chi connectivity index (χ3v) is 7.25. The Bertz CT molecular complexity index is 1780. The van der Waals surface area contributed by atoms with E-state index in [1.165, 1.54) is 17.7 Å². The molecule has 0 spiro atoms. The second kappa shape index (κ2) is 9.57. The van der Waals surface area contributed by atoms with Crippen LogP contribution in [0.15, 0.2) is 95.5 Å². The predicted octanol–water partition coefficient (Wildman–Crippen LogP) is 5.69. The number of para-hydroxylation sites is 1. The zero-order chi connectivity index (χ0) is 25.4. The Labute approximate surface area is 217 Å². The highest BCUT2D eigenvalue weighted by Crippen LogP contribution is 2.31. The Morgan fingerprint density at radius 1 is 0.973 bits per heavy atom. The number of rotatable bonds is 6. The van der Waals surface area contributed by atoms with Crippen molar-refractivity contribution in [3.8, 4) is 16.8 Å². The molecule has 7 nitrogen and oxygen atoms in total. The van der Waals surface area contributed by atoms with Crippen LogP contribution in [0.5, 0.6) is 0 Å². The van der Waals surface area contributed by atoms with E-state index in [9.17, 15) is 4.79 Å². The maximum atomic E-state index is 14.3. The molecule has 6 rings (SSSR count). The summed E-state index contributed by atoms with van der Waals surface area (Å²) in [5, 5.41) is 5.02. The number of nitrogens with two attached hydrogens (primary N) is 1. The van der Waals surface area contributed by atoms with Gasteiger partial charge < -0.3 is 11.1 Å². The summed E-state index contributed by atoms with van der Waals surface area (Å²) < 4.78 is 1.79. The minimum atomic E-state index is -0.246. The second-order valence-corrected chi connectivity index (χ2v) is 9.64. The minimum Gasteiger partial charge on any atom is -0.360 e. The highest BCUT2D eigenvalue weighted by Gasteiger charge is 2.20. The van der Waals surface area contributed by atoms with E-state index in [4.69, 9.17) is 5.73 Å². The quantitative estimate of drug-likeness (QED) is 0.302. The fourth-order valence-electron chi connectivity index (χ4n) is 4.68. The van der Waals surface area contributed by atoms with Crippen molar-refractivity contribution in [2.45, 2.75) is 19.5 Å². The first kappa shape index (κ1) is 23.0. The van der Waals surface area contributed by atoms with Crippen molar-refractivity contribution in [2.75, 3.05) is 5.32 Å². The largest absolute Gasteiger partial charge is 0.360 e. The van der Waals surface area contributed by atoms with E-state index in [-0.39, 0.29) is 11.6 Å². The smallest absolute Gasteiger partial charge is 0.263 e. The van der Waals surface area contributed by atoms with Crippen molar-refractivity contribution in [2.24, 2.45) is 5.73 Å². The molecule has 3 aromatic carbocycles. The Hall–Kier alpha value is -4.40. The summed E-state index contributed by atoms with van der Waals surface area (Å²) in [6, 6.07) is 25.6. The number of hydrogen-bond acceptors (Lipinski definition) is 7. The molecule has 3 aromatic heterocycles. The summed E-state index contributed by atoms with van der Waals surface area (Å²) in [5.41, 5.74) is 12.7. The van der Waals surface area contributed by atoms with Crippen LogP contribution in [0.4, 0.5) is 5.82 Å². The Morgan fingerprint density at radius 3 is 2.57 bits per heavy atom. The van der Waals surface area contributed by atoms with Gasteiger partial charge in [0, 0.05) is 17.9 Å². The van der Waals surface area contributed by atoms with Gasteiger partial charge in [-0.1, -0.05) is 60.7 Å². The van der Waals surface area contributed by atoms with Gasteiger partial charge in [0.15, 0.2) is 5.82 Å². The van der Waals surface area contributed by atoms with E-state index >= 15 is 0 Å². The van der Waals surface area contributed by atoms with Gasteiger partial charge in [0.25, 0.3) is 5.56 Å². The molecular formula is C29H24N6OS. The first-order valence-electron chi connectivity index (χ1n) is 12.0. The van der Waals surface area contributed by atoms with Crippen molar-refractivity contribution in [3.63, 3.8) is 0 Å². The molecule has 0 fully saturated rings. The molecule has 0 aliphatic rings. The Morgan fingerprint density at radius 2 is 1.78 bits per heavy atom. The van der Waals surface area contributed by atoms with Gasteiger partial charge >= 0.3 is 0 Å². The fraction of sp³-hybridized carbons (Fsp3) is 0.103. The molecule has 0 unspecified atom stereocenters. The van der Waals surface area contributed by atoms with Crippen LogP contribution in [0.1, 0.15) is 24.2 Å². The highest BCUT2D eigenvalue weighted by molar-refractivity contribution is 7.16. The van der Waals surface area contributed by atoms with Gasteiger partial charge in [0.05, 0.1) is 16.9 Å². The van der Waals surface area contributed by atoms with Crippen LogP contribution in [0.2, 0.25) is 0 Å². The third-order valence-electron chi connectivity index (χ3n) is 6.52. The zero-order valence-electron chi connectivity index (χ0n) is 20.1. The van der Waals surface area contributed by atoms with Crippen LogP contribution in [-0.4, -0.2) is 19.5 Å². The van der Waals surface area contributed by atoms with Crippen molar-refractivity contribution in [1.82, 2.24) is 19.5 Å². The molecular weight excluding hydrogens is 480 g/mol. The molecule has 8 heteroatoms. The highest BCUT2D eigenvalue weighted by atomic mass is 32.1. The first-order chi connectivity index (χ1) is 18.1. The van der Waals surface area contributed by atoms with Gasteiger partial charge in [-0.3, -0.25) is 9.36 Å². The SMILES string of the molecule is C[C@H](Nc1ncnc2scnc12)c1cc2cccc(-c3ccc(CN)cc3)c2c(=O)n1-c1ccccc1. The Kier molecular flexibility index (Phi) is 5.96. The summed E-state index contributed by atoms with van der Waals surface area (Å²) in [5.74, 6) is 0.639.